The van der Waals surface area contributed by atoms with E-state index in [9.17, 15) is 4.39 Å². The first-order valence-electron chi connectivity index (χ1n) is 6.20. The predicted octanol–water partition coefficient (Wildman–Crippen LogP) is 4.96. The number of rotatable bonds is 3. The Kier molecular flexibility index (Phi) is 5.09. The molecule has 0 radical (unpaired) electrons. The monoisotopic (exact) mass is 352 g/mol. The summed E-state index contributed by atoms with van der Waals surface area (Å²) in [5.74, 6) is -0.268. The van der Waals surface area contributed by atoms with Crippen LogP contribution in [0.25, 0.3) is 0 Å². The Morgan fingerprint density at radius 3 is 2.50 bits per heavy atom. The summed E-state index contributed by atoms with van der Waals surface area (Å²) in [6.45, 7) is 2.09. The van der Waals surface area contributed by atoms with Crippen molar-refractivity contribution < 1.29 is 4.39 Å². The van der Waals surface area contributed by atoms with E-state index in [0.717, 1.165) is 22.3 Å². The van der Waals surface area contributed by atoms with E-state index in [0.29, 0.717) is 5.11 Å². The van der Waals surface area contributed by atoms with E-state index >= 15 is 0 Å². The van der Waals surface area contributed by atoms with Gasteiger partial charge in [0.2, 0.25) is 0 Å². The van der Waals surface area contributed by atoms with E-state index in [2.05, 4.69) is 39.6 Å². The fourth-order valence-corrected chi connectivity index (χ4v) is 2.43. The van der Waals surface area contributed by atoms with E-state index in [4.69, 9.17) is 12.2 Å². The van der Waals surface area contributed by atoms with Gasteiger partial charge in [0.25, 0.3) is 0 Å². The summed E-state index contributed by atoms with van der Waals surface area (Å²) in [7, 11) is 0. The van der Waals surface area contributed by atoms with Crippen LogP contribution in [0.3, 0.4) is 0 Å². The minimum absolute atomic E-state index is 0.268. The van der Waals surface area contributed by atoms with Gasteiger partial charge in [0.05, 0.1) is 0 Å². The first-order chi connectivity index (χ1) is 9.58. The molecular weight excluding hydrogens is 339 g/mol. The van der Waals surface area contributed by atoms with Crippen LogP contribution < -0.4 is 10.6 Å². The maximum atomic E-state index is 12.8. The molecule has 0 fully saturated rings. The van der Waals surface area contributed by atoms with Gasteiger partial charge in [0.15, 0.2) is 5.11 Å². The van der Waals surface area contributed by atoms with E-state index in [1.54, 1.807) is 12.1 Å². The molecule has 2 rings (SSSR count). The number of hydrogen-bond donors (Lipinski definition) is 2. The number of hydrogen-bond acceptors (Lipinski definition) is 1. The molecule has 2 N–H and O–H groups in total. The molecule has 2 aromatic carbocycles. The van der Waals surface area contributed by atoms with Gasteiger partial charge in [0, 0.05) is 15.8 Å². The first kappa shape index (κ1) is 14.9. The van der Waals surface area contributed by atoms with Crippen LogP contribution in [0.1, 0.15) is 12.5 Å². The predicted molar refractivity (Wildman–Crippen MR) is 89.8 cm³/mol. The molecule has 0 unspecified atom stereocenters. The first-order valence-corrected chi connectivity index (χ1v) is 7.40. The van der Waals surface area contributed by atoms with Crippen molar-refractivity contribution in [2.45, 2.75) is 13.3 Å². The lowest BCUT2D eigenvalue weighted by Gasteiger charge is -2.13. The third-order valence-corrected chi connectivity index (χ3v) is 3.50. The molecule has 0 aliphatic heterocycles. The average Bonchev–Trinajstić information content (AvgIpc) is 2.43. The number of halogens is 2. The highest BCUT2D eigenvalue weighted by atomic mass is 79.9. The number of nitrogens with one attached hydrogen (secondary N) is 2. The van der Waals surface area contributed by atoms with Crippen molar-refractivity contribution in [3.8, 4) is 0 Å². The summed E-state index contributed by atoms with van der Waals surface area (Å²) in [6.07, 6.45) is 0.904. The van der Waals surface area contributed by atoms with Crippen molar-refractivity contribution in [3.63, 3.8) is 0 Å². The molecule has 0 bridgehead atoms. The van der Waals surface area contributed by atoms with Crippen molar-refractivity contribution in [1.82, 2.24) is 0 Å². The fraction of sp³-hybridized carbons (Fsp3) is 0.133. The lowest BCUT2D eigenvalue weighted by Crippen LogP contribution is -2.19. The van der Waals surface area contributed by atoms with Crippen LogP contribution in [0.5, 0.6) is 0 Å². The smallest absolute Gasteiger partial charge is 0.175 e. The van der Waals surface area contributed by atoms with Gasteiger partial charge in [-0.05, 0) is 66.7 Å². The standard InChI is InChI=1S/C15H14BrFN2S/c1-2-10-9-11(16)3-8-14(10)19-15(20)18-13-6-4-12(17)5-7-13/h3-9H,2H2,1H3,(H2,18,19,20). The van der Waals surface area contributed by atoms with Gasteiger partial charge >= 0.3 is 0 Å². The molecule has 2 aromatic rings. The van der Waals surface area contributed by atoms with E-state index < -0.39 is 0 Å². The lowest BCUT2D eigenvalue weighted by molar-refractivity contribution is 0.628. The summed E-state index contributed by atoms with van der Waals surface area (Å²) in [4.78, 5) is 0. The fourth-order valence-electron chi connectivity index (χ4n) is 1.79. The molecule has 0 aliphatic carbocycles. The highest BCUT2D eigenvalue weighted by Gasteiger charge is 2.04. The van der Waals surface area contributed by atoms with Crippen LogP contribution in [0, 0.1) is 5.82 Å². The summed E-state index contributed by atoms with van der Waals surface area (Å²) < 4.78 is 13.9. The molecule has 104 valence electrons. The van der Waals surface area contributed by atoms with Crippen molar-refractivity contribution in [2.75, 3.05) is 10.6 Å². The van der Waals surface area contributed by atoms with Crippen LogP contribution in [0.15, 0.2) is 46.9 Å². The molecular formula is C15H14BrFN2S. The van der Waals surface area contributed by atoms with Crippen LogP contribution >= 0.6 is 28.1 Å². The van der Waals surface area contributed by atoms with Gasteiger partial charge in [-0.2, -0.15) is 0 Å². The number of aryl methyl sites for hydroxylation is 1. The van der Waals surface area contributed by atoms with Crippen molar-refractivity contribution in [3.05, 3.63) is 58.3 Å². The van der Waals surface area contributed by atoms with Crippen molar-refractivity contribution in [1.29, 1.82) is 0 Å². The van der Waals surface area contributed by atoms with E-state index in [1.807, 2.05) is 12.1 Å². The SMILES string of the molecule is CCc1cc(Br)ccc1NC(=S)Nc1ccc(F)cc1. The lowest BCUT2D eigenvalue weighted by atomic mass is 10.1. The Morgan fingerprint density at radius 2 is 1.85 bits per heavy atom. The van der Waals surface area contributed by atoms with Crippen molar-refractivity contribution in [2.24, 2.45) is 0 Å². The molecule has 2 nitrogen and oxygen atoms in total. The van der Waals surface area contributed by atoms with Gasteiger partial charge in [-0.1, -0.05) is 22.9 Å². The molecule has 5 heteroatoms. The Balaban J connectivity index is 2.06. The third kappa shape index (κ3) is 4.02. The normalized spacial score (nSPS) is 10.2. The number of benzene rings is 2. The van der Waals surface area contributed by atoms with Crippen LogP contribution in [-0.4, -0.2) is 5.11 Å². The molecule has 0 saturated heterocycles. The third-order valence-electron chi connectivity index (χ3n) is 2.80. The Labute approximate surface area is 131 Å². The second kappa shape index (κ2) is 6.81. The average molecular weight is 353 g/mol. The quantitative estimate of drug-likeness (QED) is 0.763. The largest absolute Gasteiger partial charge is 0.332 e. The van der Waals surface area contributed by atoms with Crippen LogP contribution in [0.4, 0.5) is 15.8 Å². The Morgan fingerprint density at radius 1 is 1.15 bits per heavy atom. The molecule has 0 spiro atoms. The summed E-state index contributed by atoms with van der Waals surface area (Å²) >= 11 is 8.72. The molecule has 0 atom stereocenters. The maximum absolute atomic E-state index is 12.8. The molecule has 0 aliphatic rings. The molecule has 0 heterocycles. The molecule has 0 saturated carbocycles. The number of thiocarbonyl (C=S) groups is 1. The summed E-state index contributed by atoms with van der Waals surface area (Å²) in [5, 5.41) is 6.66. The molecule has 0 aromatic heterocycles. The summed E-state index contributed by atoms with van der Waals surface area (Å²) in [5.41, 5.74) is 2.89. The van der Waals surface area contributed by atoms with Crippen LogP contribution in [0.2, 0.25) is 0 Å². The zero-order valence-electron chi connectivity index (χ0n) is 10.9. The maximum Gasteiger partial charge on any atom is 0.175 e. The minimum Gasteiger partial charge on any atom is -0.332 e. The second-order valence-electron chi connectivity index (χ2n) is 4.24. The van der Waals surface area contributed by atoms with Gasteiger partial charge in [-0.15, -0.1) is 0 Å². The van der Waals surface area contributed by atoms with E-state index in [-0.39, 0.29) is 5.82 Å². The van der Waals surface area contributed by atoms with Crippen molar-refractivity contribution >= 4 is 44.6 Å². The number of anilines is 2. The zero-order valence-corrected chi connectivity index (χ0v) is 13.3. The van der Waals surface area contributed by atoms with Crippen LogP contribution in [-0.2, 0) is 6.42 Å². The van der Waals surface area contributed by atoms with Gasteiger partial charge in [-0.25, -0.2) is 4.39 Å². The van der Waals surface area contributed by atoms with Gasteiger partial charge in [0.1, 0.15) is 5.82 Å². The molecule has 20 heavy (non-hydrogen) atoms. The highest BCUT2D eigenvalue weighted by Crippen LogP contribution is 2.22. The van der Waals surface area contributed by atoms with Gasteiger partial charge in [-0.3, -0.25) is 0 Å². The second-order valence-corrected chi connectivity index (χ2v) is 5.56. The zero-order chi connectivity index (χ0) is 14.5. The van der Waals surface area contributed by atoms with Gasteiger partial charge < -0.3 is 10.6 Å². The summed E-state index contributed by atoms with van der Waals surface area (Å²) in [6, 6.07) is 12.1. The van der Waals surface area contributed by atoms with E-state index in [1.165, 1.54) is 17.7 Å². The Bertz CT molecular complexity index is 614. The molecule has 0 amide bonds. The Hall–Kier alpha value is -1.46. The topological polar surface area (TPSA) is 24.1 Å². The minimum atomic E-state index is -0.268. The highest BCUT2D eigenvalue weighted by molar-refractivity contribution is 9.10.